The van der Waals surface area contributed by atoms with Crippen LogP contribution >= 0.6 is 58.0 Å². The molecule has 0 radical (unpaired) electrons. The van der Waals surface area contributed by atoms with Gasteiger partial charge in [0, 0.05) is 5.39 Å². The van der Waals surface area contributed by atoms with Gasteiger partial charge in [0.1, 0.15) is 0 Å². The fourth-order valence-corrected chi connectivity index (χ4v) is 2.51. The van der Waals surface area contributed by atoms with Gasteiger partial charge in [0.25, 0.3) is 0 Å². The van der Waals surface area contributed by atoms with Crippen molar-refractivity contribution < 1.29 is 0 Å². The minimum atomic E-state index is 0.287. The molecule has 5 heteroatoms. The predicted octanol–water partition coefficient (Wildman–Crippen LogP) is 6.11. The molecular formula is C10H3Cl5. The number of rotatable bonds is 0. The van der Waals surface area contributed by atoms with E-state index in [1.165, 1.54) is 0 Å². The standard InChI is InChI=1S/C10H3Cl5/c11-5-2-1-4-3-6(12)9(14)10(15)7(4)8(5)13/h1-3H. The van der Waals surface area contributed by atoms with Gasteiger partial charge in [0.15, 0.2) is 0 Å². The van der Waals surface area contributed by atoms with Crippen molar-refractivity contribution in [2.24, 2.45) is 0 Å². The van der Waals surface area contributed by atoms with Gasteiger partial charge in [-0.15, -0.1) is 0 Å². The van der Waals surface area contributed by atoms with Crippen molar-refractivity contribution in [1.29, 1.82) is 0 Å². The van der Waals surface area contributed by atoms with Crippen LogP contribution in [0.25, 0.3) is 10.8 Å². The second kappa shape index (κ2) is 4.20. The zero-order valence-corrected chi connectivity index (χ0v) is 10.9. The molecule has 0 N–H and O–H groups in total. The summed E-state index contributed by atoms with van der Waals surface area (Å²) in [7, 11) is 0. The highest BCUT2D eigenvalue weighted by Crippen LogP contribution is 2.42. The van der Waals surface area contributed by atoms with E-state index in [4.69, 9.17) is 58.0 Å². The van der Waals surface area contributed by atoms with Gasteiger partial charge in [-0.1, -0.05) is 64.1 Å². The van der Waals surface area contributed by atoms with Crippen molar-refractivity contribution in [3.8, 4) is 0 Å². The van der Waals surface area contributed by atoms with E-state index >= 15 is 0 Å². The van der Waals surface area contributed by atoms with Crippen LogP contribution in [0, 0.1) is 0 Å². The van der Waals surface area contributed by atoms with Crippen molar-refractivity contribution in [2.45, 2.75) is 0 Å². The molecular weight excluding hydrogens is 297 g/mol. The Morgan fingerprint density at radius 2 is 1.33 bits per heavy atom. The number of hydrogen-bond acceptors (Lipinski definition) is 0. The molecule has 0 saturated heterocycles. The topological polar surface area (TPSA) is 0 Å². The normalized spacial score (nSPS) is 11.0. The highest BCUT2D eigenvalue weighted by atomic mass is 35.5. The fraction of sp³-hybridized carbons (Fsp3) is 0. The highest BCUT2D eigenvalue weighted by Gasteiger charge is 2.13. The molecule has 0 aliphatic rings. The first kappa shape index (κ1) is 11.6. The van der Waals surface area contributed by atoms with E-state index in [0.29, 0.717) is 25.5 Å². The lowest BCUT2D eigenvalue weighted by molar-refractivity contribution is 1.74. The van der Waals surface area contributed by atoms with Gasteiger partial charge in [-0.25, -0.2) is 0 Å². The summed E-state index contributed by atoms with van der Waals surface area (Å²) in [5.41, 5.74) is 0. The Bertz CT molecular complexity index is 547. The second-order valence-corrected chi connectivity index (χ2v) is 4.89. The third-order valence-corrected chi connectivity index (χ3v) is 4.10. The SMILES string of the molecule is Clc1cc2ccc(Cl)c(Cl)c2c(Cl)c1Cl. The Kier molecular flexibility index (Phi) is 3.25. The Labute approximate surface area is 112 Å². The molecule has 0 aromatic heterocycles. The number of halogens is 5. The number of hydrogen-bond donors (Lipinski definition) is 0. The van der Waals surface area contributed by atoms with E-state index in [9.17, 15) is 0 Å². The van der Waals surface area contributed by atoms with Crippen molar-refractivity contribution in [1.82, 2.24) is 0 Å². The van der Waals surface area contributed by atoms with Crippen molar-refractivity contribution >= 4 is 68.8 Å². The largest absolute Gasteiger partial charge is 0.0827 e. The monoisotopic (exact) mass is 298 g/mol. The predicted molar refractivity (Wildman–Crippen MR) is 69.0 cm³/mol. The number of benzene rings is 2. The van der Waals surface area contributed by atoms with Crippen LogP contribution in [0.5, 0.6) is 0 Å². The summed E-state index contributed by atoms with van der Waals surface area (Å²) in [6, 6.07) is 5.18. The third-order valence-electron chi connectivity index (χ3n) is 2.03. The lowest BCUT2D eigenvalue weighted by Gasteiger charge is -2.07. The van der Waals surface area contributed by atoms with E-state index in [1.807, 2.05) is 0 Å². The number of fused-ring (bicyclic) bond motifs is 1. The maximum absolute atomic E-state index is 6.05. The minimum absolute atomic E-state index is 0.287. The molecule has 15 heavy (non-hydrogen) atoms. The first-order valence-corrected chi connectivity index (χ1v) is 5.82. The Morgan fingerprint density at radius 1 is 0.667 bits per heavy atom. The van der Waals surface area contributed by atoms with Crippen LogP contribution in [0.2, 0.25) is 25.1 Å². The molecule has 0 heterocycles. The van der Waals surface area contributed by atoms with Gasteiger partial charge in [-0.05, 0) is 17.5 Å². The molecule has 2 rings (SSSR count). The van der Waals surface area contributed by atoms with Crippen LogP contribution in [0.3, 0.4) is 0 Å². The third kappa shape index (κ3) is 1.90. The zero-order valence-electron chi connectivity index (χ0n) is 7.12. The van der Waals surface area contributed by atoms with Crippen LogP contribution in [0.1, 0.15) is 0 Å². The molecule has 0 atom stereocenters. The fourth-order valence-electron chi connectivity index (χ4n) is 1.32. The van der Waals surface area contributed by atoms with E-state index < -0.39 is 0 Å². The highest BCUT2D eigenvalue weighted by molar-refractivity contribution is 6.53. The second-order valence-electron chi connectivity index (χ2n) is 2.95. The van der Waals surface area contributed by atoms with Crippen molar-refractivity contribution in [2.75, 3.05) is 0 Å². The molecule has 78 valence electrons. The lowest BCUT2D eigenvalue weighted by Crippen LogP contribution is -1.81. The summed E-state index contributed by atoms with van der Waals surface area (Å²) in [5, 5.41) is 3.26. The molecule has 0 bridgehead atoms. The van der Waals surface area contributed by atoms with Gasteiger partial charge >= 0.3 is 0 Å². The summed E-state index contributed by atoms with van der Waals surface area (Å²) in [6.07, 6.45) is 0. The smallest absolute Gasteiger partial charge is 0.0785 e. The first-order chi connectivity index (χ1) is 7.02. The molecule has 0 nitrogen and oxygen atoms in total. The van der Waals surface area contributed by atoms with Crippen LogP contribution in [0.15, 0.2) is 18.2 Å². The van der Waals surface area contributed by atoms with Gasteiger partial charge in [-0.2, -0.15) is 0 Å². The van der Waals surface area contributed by atoms with E-state index in [1.54, 1.807) is 18.2 Å². The lowest BCUT2D eigenvalue weighted by atomic mass is 10.1. The molecule has 0 aliphatic carbocycles. The Hall–Kier alpha value is 0.150. The zero-order chi connectivity index (χ0) is 11.2. The molecule has 0 spiro atoms. The summed E-state index contributed by atoms with van der Waals surface area (Å²) in [6.45, 7) is 0. The minimum Gasteiger partial charge on any atom is -0.0827 e. The van der Waals surface area contributed by atoms with Crippen LogP contribution in [0.4, 0.5) is 0 Å². The maximum Gasteiger partial charge on any atom is 0.0785 e. The van der Waals surface area contributed by atoms with Crippen LogP contribution in [-0.4, -0.2) is 0 Å². The van der Waals surface area contributed by atoms with E-state index in [-0.39, 0.29) is 5.02 Å². The molecule has 2 aromatic carbocycles. The average molecular weight is 300 g/mol. The first-order valence-electron chi connectivity index (χ1n) is 3.93. The molecule has 0 aliphatic heterocycles. The summed E-state index contributed by atoms with van der Waals surface area (Å²) >= 11 is 29.8. The molecule has 2 aromatic rings. The summed E-state index contributed by atoms with van der Waals surface area (Å²) in [5.74, 6) is 0. The Morgan fingerprint density at radius 3 is 2.00 bits per heavy atom. The Balaban J connectivity index is 3.00. The maximum atomic E-state index is 6.05. The molecule has 0 fully saturated rings. The van der Waals surface area contributed by atoms with Gasteiger partial charge in [0.2, 0.25) is 0 Å². The summed E-state index contributed by atoms with van der Waals surface area (Å²) in [4.78, 5) is 0. The molecule has 0 unspecified atom stereocenters. The van der Waals surface area contributed by atoms with Crippen LogP contribution < -0.4 is 0 Å². The van der Waals surface area contributed by atoms with Crippen molar-refractivity contribution in [3.63, 3.8) is 0 Å². The van der Waals surface area contributed by atoms with Crippen LogP contribution in [-0.2, 0) is 0 Å². The van der Waals surface area contributed by atoms with Crippen molar-refractivity contribution in [3.05, 3.63) is 43.3 Å². The quantitative estimate of drug-likeness (QED) is 0.515. The summed E-state index contributed by atoms with van der Waals surface area (Å²) < 4.78 is 0. The average Bonchev–Trinajstić information content (AvgIpc) is 2.20. The molecule has 0 amide bonds. The van der Waals surface area contributed by atoms with Gasteiger partial charge < -0.3 is 0 Å². The molecule has 0 saturated carbocycles. The van der Waals surface area contributed by atoms with Gasteiger partial charge in [0.05, 0.1) is 25.1 Å². The van der Waals surface area contributed by atoms with E-state index in [2.05, 4.69) is 0 Å². The van der Waals surface area contributed by atoms with E-state index in [0.717, 1.165) is 5.39 Å². The van der Waals surface area contributed by atoms with Gasteiger partial charge in [-0.3, -0.25) is 0 Å².